The number of benzene rings is 4. The first-order valence-corrected chi connectivity index (χ1v) is 15.9. The highest BCUT2D eigenvalue weighted by Gasteiger charge is 2.40. The lowest BCUT2D eigenvalue weighted by molar-refractivity contribution is 0.475. The third-order valence-corrected chi connectivity index (χ3v) is 9.22. The highest BCUT2D eigenvalue weighted by molar-refractivity contribution is 7.92. The summed E-state index contributed by atoms with van der Waals surface area (Å²) in [4.78, 5) is 8.63. The number of imidazole rings is 1. The minimum atomic E-state index is -3.52. The molecule has 4 aromatic carbocycles. The number of H-pyrrole nitrogens is 1. The predicted octanol–water partition coefficient (Wildman–Crippen LogP) is 7.74. The molecule has 0 atom stereocenters. The second-order valence-corrected chi connectivity index (χ2v) is 12.6. The van der Waals surface area contributed by atoms with Crippen LogP contribution in [0, 0.1) is 0 Å². The average molecular weight is 596 g/mol. The summed E-state index contributed by atoms with van der Waals surface area (Å²) >= 11 is 5.94. The molecule has 0 saturated heterocycles. The van der Waals surface area contributed by atoms with Crippen LogP contribution in [0.4, 0.5) is 0 Å². The van der Waals surface area contributed by atoms with Crippen molar-refractivity contribution in [2.75, 3.05) is 7.05 Å². The number of sulfonamides is 1. The minimum Gasteiger partial charge on any atom is -0.347 e. The lowest BCUT2D eigenvalue weighted by Crippen LogP contribution is -2.32. The molecular weight excluding hydrogens is 562 g/mol. The fourth-order valence-corrected chi connectivity index (χ4v) is 6.33. The zero-order valence-corrected chi connectivity index (χ0v) is 25.1. The Morgan fingerprint density at radius 3 is 1.86 bits per heavy atom. The van der Waals surface area contributed by atoms with E-state index < -0.39 is 15.4 Å². The molecule has 1 aromatic heterocycles. The van der Waals surface area contributed by atoms with E-state index in [0.717, 1.165) is 46.6 Å². The Kier molecular flexibility index (Phi) is 9.38. The maximum atomic E-state index is 12.7. The van der Waals surface area contributed by atoms with Crippen molar-refractivity contribution in [1.82, 2.24) is 14.3 Å². The summed E-state index contributed by atoms with van der Waals surface area (Å²) in [6.07, 6.45) is 5.81. The van der Waals surface area contributed by atoms with Gasteiger partial charge in [-0.15, -0.1) is 0 Å². The van der Waals surface area contributed by atoms with Crippen LogP contribution in [0.2, 0.25) is 5.02 Å². The molecule has 0 amide bonds. The van der Waals surface area contributed by atoms with Gasteiger partial charge in [-0.05, 0) is 53.6 Å². The minimum absolute atomic E-state index is 0.284. The molecule has 0 fully saturated rings. The molecule has 5 rings (SSSR count). The summed E-state index contributed by atoms with van der Waals surface area (Å²) in [6.45, 7) is 0.284. The van der Waals surface area contributed by atoms with Gasteiger partial charge in [0, 0.05) is 30.2 Å². The van der Waals surface area contributed by atoms with Gasteiger partial charge in [0.1, 0.15) is 11.2 Å². The van der Waals surface area contributed by atoms with E-state index in [1.54, 1.807) is 25.3 Å². The van der Waals surface area contributed by atoms with E-state index in [0.29, 0.717) is 11.4 Å². The van der Waals surface area contributed by atoms with Crippen molar-refractivity contribution in [3.63, 3.8) is 0 Å². The first-order chi connectivity index (χ1) is 20.4. The number of hydrogen-bond acceptors (Lipinski definition) is 3. The van der Waals surface area contributed by atoms with Crippen molar-refractivity contribution in [3.8, 4) is 0 Å². The fourth-order valence-electron chi connectivity index (χ4n) is 5.29. The van der Waals surface area contributed by atoms with Crippen molar-refractivity contribution in [2.45, 2.75) is 31.2 Å². The fraction of sp³-hybridized carbons (Fsp3) is 0.171. The molecular formula is C35H34ClN3O2S. The molecule has 1 heterocycles. The second-order valence-electron chi connectivity index (χ2n) is 10.3. The summed E-state index contributed by atoms with van der Waals surface area (Å²) in [5.74, 6) is 0.850. The number of halogens is 1. The summed E-state index contributed by atoms with van der Waals surface area (Å²) in [5.41, 5.74) is 4.57. The number of aromatic amines is 1. The van der Waals surface area contributed by atoms with E-state index in [9.17, 15) is 8.42 Å². The highest BCUT2D eigenvalue weighted by atomic mass is 35.5. The van der Waals surface area contributed by atoms with E-state index in [1.807, 2.05) is 36.5 Å². The van der Waals surface area contributed by atoms with Crippen LogP contribution in [0.1, 0.15) is 46.6 Å². The van der Waals surface area contributed by atoms with Crippen molar-refractivity contribution >= 4 is 21.6 Å². The summed E-state index contributed by atoms with van der Waals surface area (Å²) < 4.78 is 26.8. The molecule has 42 heavy (non-hydrogen) atoms. The number of rotatable bonds is 12. The van der Waals surface area contributed by atoms with Gasteiger partial charge in [0.2, 0.25) is 10.0 Å². The number of allylic oxidation sites excluding steroid dienone is 1. The van der Waals surface area contributed by atoms with Crippen LogP contribution < -0.4 is 0 Å². The Labute approximate surface area is 253 Å². The Morgan fingerprint density at radius 2 is 1.33 bits per heavy atom. The van der Waals surface area contributed by atoms with Gasteiger partial charge in [-0.3, -0.25) is 0 Å². The van der Waals surface area contributed by atoms with Crippen LogP contribution in [-0.4, -0.2) is 29.7 Å². The number of nitrogens with zero attached hydrogens (tertiary/aromatic N) is 2. The SMILES string of the molecule is CN(Cc1ccc(Cl)cc1)S(=O)(=O)/C=C/CCCc1c[nH]c(C(c2ccccc2)(c2ccccc2)c2ccccc2)n1. The number of aromatic nitrogens is 2. The van der Waals surface area contributed by atoms with Gasteiger partial charge in [0.15, 0.2) is 0 Å². The summed E-state index contributed by atoms with van der Waals surface area (Å²) in [5, 5.41) is 1.92. The molecule has 0 spiro atoms. The third kappa shape index (κ3) is 6.57. The zero-order valence-electron chi connectivity index (χ0n) is 23.5. The number of unbranched alkanes of at least 4 members (excludes halogenated alkanes) is 1. The van der Waals surface area contributed by atoms with E-state index in [1.165, 1.54) is 9.71 Å². The summed E-state index contributed by atoms with van der Waals surface area (Å²) in [7, 11) is -1.94. The maximum absolute atomic E-state index is 12.7. The lowest BCUT2D eigenvalue weighted by Gasteiger charge is -2.34. The van der Waals surface area contributed by atoms with E-state index in [-0.39, 0.29) is 6.54 Å². The van der Waals surface area contributed by atoms with E-state index in [4.69, 9.17) is 16.6 Å². The van der Waals surface area contributed by atoms with Crippen LogP contribution >= 0.6 is 11.6 Å². The quantitative estimate of drug-likeness (QED) is 0.118. The standard InChI is InChI=1S/C35H34ClN3O2S/c1-39(27-28-21-23-32(36)24-22-28)42(40,41)25-13-5-12-20-33-26-37-34(38-33)35(29-14-6-2-7-15-29,30-16-8-3-9-17-30)31-18-10-4-11-19-31/h2-4,6-11,13-19,21-26H,5,12,20,27H2,1H3,(H,37,38)/b25-13+. The average Bonchev–Trinajstić information content (AvgIpc) is 3.49. The monoisotopic (exact) mass is 595 g/mol. The summed E-state index contributed by atoms with van der Waals surface area (Å²) in [6, 6.07) is 38.5. The van der Waals surface area contributed by atoms with Gasteiger partial charge in [-0.25, -0.2) is 13.4 Å². The third-order valence-electron chi connectivity index (χ3n) is 7.43. The van der Waals surface area contributed by atoms with Crippen molar-refractivity contribution < 1.29 is 8.42 Å². The van der Waals surface area contributed by atoms with Gasteiger partial charge in [-0.1, -0.05) is 121 Å². The van der Waals surface area contributed by atoms with Gasteiger partial charge < -0.3 is 4.98 Å². The molecule has 5 nitrogen and oxygen atoms in total. The van der Waals surface area contributed by atoms with Crippen LogP contribution in [0.25, 0.3) is 0 Å². The van der Waals surface area contributed by atoms with E-state index >= 15 is 0 Å². The smallest absolute Gasteiger partial charge is 0.235 e. The van der Waals surface area contributed by atoms with Gasteiger partial charge in [-0.2, -0.15) is 4.31 Å². The molecule has 214 valence electrons. The Bertz CT molecular complexity index is 1610. The predicted molar refractivity (Wildman–Crippen MR) is 171 cm³/mol. The largest absolute Gasteiger partial charge is 0.347 e. The van der Waals surface area contributed by atoms with Gasteiger partial charge >= 0.3 is 0 Å². The first-order valence-electron chi connectivity index (χ1n) is 14.0. The zero-order chi connectivity index (χ0) is 29.4. The van der Waals surface area contributed by atoms with Crippen LogP contribution in [0.5, 0.6) is 0 Å². The molecule has 0 aliphatic heterocycles. The normalized spacial score (nSPS) is 12.3. The Balaban J connectivity index is 1.32. The molecule has 0 radical (unpaired) electrons. The maximum Gasteiger partial charge on any atom is 0.235 e. The second kappa shape index (κ2) is 13.3. The van der Waals surface area contributed by atoms with Crippen molar-refractivity contribution in [2.24, 2.45) is 0 Å². The lowest BCUT2D eigenvalue weighted by atomic mass is 9.69. The number of hydrogen-bond donors (Lipinski definition) is 1. The topological polar surface area (TPSA) is 66.1 Å². The number of aryl methyl sites for hydroxylation is 1. The molecule has 0 unspecified atom stereocenters. The van der Waals surface area contributed by atoms with Crippen LogP contribution in [-0.2, 0) is 28.4 Å². The molecule has 0 saturated carbocycles. The Morgan fingerprint density at radius 1 is 0.810 bits per heavy atom. The van der Waals surface area contributed by atoms with Crippen LogP contribution in [0.3, 0.4) is 0 Å². The first kappa shape index (κ1) is 29.5. The molecule has 0 aliphatic carbocycles. The number of nitrogens with one attached hydrogen (secondary N) is 1. The highest BCUT2D eigenvalue weighted by Crippen LogP contribution is 2.43. The van der Waals surface area contributed by atoms with E-state index in [2.05, 4.69) is 77.8 Å². The Hall–Kier alpha value is -3.97. The molecule has 5 aromatic rings. The molecule has 7 heteroatoms. The van der Waals surface area contributed by atoms with Crippen molar-refractivity contribution in [3.05, 3.63) is 172 Å². The van der Waals surface area contributed by atoms with Crippen molar-refractivity contribution in [1.29, 1.82) is 0 Å². The molecule has 0 aliphatic rings. The van der Waals surface area contributed by atoms with Crippen LogP contribution in [0.15, 0.2) is 133 Å². The molecule has 1 N–H and O–H groups in total. The van der Waals surface area contributed by atoms with Gasteiger partial charge in [0.25, 0.3) is 0 Å². The molecule has 0 bridgehead atoms. The van der Waals surface area contributed by atoms with Gasteiger partial charge in [0.05, 0.1) is 5.69 Å².